The first kappa shape index (κ1) is 15.9. The van der Waals surface area contributed by atoms with Gasteiger partial charge in [0.2, 0.25) is 5.91 Å². The highest BCUT2D eigenvalue weighted by Crippen LogP contribution is 2.05. The zero-order valence-electron chi connectivity index (χ0n) is 13.2. The minimum atomic E-state index is -0.0715. The SMILES string of the molecule is O=C(CCCn1cnc2ccccc2c1=O)NCc1ccncc1. The maximum Gasteiger partial charge on any atom is 0.261 e. The highest BCUT2D eigenvalue weighted by Gasteiger charge is 2.05. The van der Waals surface area contributed by atoms with Crippen molar-refractivity contribution in [3.05, 3.63) is 71.0 Å². The monoisotopic (exact) mass is 322 g/mol. The van der Waals surface area contributed by atoms with Gasteiger partial charge in [-0.05, 0) is 36.2 Å². The summed E-state index contributed by atoms with van der Waals surface area (Å²) in [5.41, 5.74) is 1.62. The van der Waals surface area contributed by atoms with Crippen LogP contribution in [0, 0.1) is 0 Å². The van der Waals surface area contributed by atoms with Crippen LogP contribution in [0.3, 0.4) is 0 Å². The minimum absolute atomic E-state index is 0.0337. The number of rotatable bonds is 6. The second-order valence-electron chi connectivity index (χ2n) is 5.50. The number of carbonyl (C=O) groups is 1. The predicted molar refractivity (Wildman–Crippen MR) is 91.3 cm³/mol. The second-order valence-corrected chi connectivity index (χ2v) is 5.50. The Morgan fingerprint density at radius 1 is 1.12 bits per heavy atom. The van der Waals surface area contributed by atoms with E-state index in [9.17, 15) is 9.59 Å². The molecule has 0 aliphatic carbocycles. The van der Waals surface area contributed by atoms with Crippen LogP contribution in [0.15, 0.2) is 59.9 Å². The average molecular weight is 322 g/mol. The number of hydrogen-bond donors (Lipinski definition) is 1. The number of aryl methyl sites for hydroxylation is 1. The molecule has 2 heterocycles. The van der Waals surface area contributed by atoms with Crippen molar-refractivity contribution in [2.45, 2.75) is 25.9 Å². The Morgan fingerprint density at radius 3 is 2.75 bits per heavy atom. The van der Waals surface area contributed by atoms with Crippen LogP contribution in [0.1, 0.15) is 18.4 Å². The normalized spacial score (nSPS) is 10.7. The summed E-state index contributed by atoms with van der Waals surface area (Å²) in [5, 5.41) is 3.46. The maximum atomic E-state index is 12.3. The molecule has 1 N–H and O–H groups in total. The van der Waals surface area contributed by atoms with E-state index >= 15 is 0 Å². The summed E-state index contributed by atoms with van der Waals surface area (Å²) in [4.78, 5) is 32.4. The zero-order valence-corrected chi connectivity index (χ0v) is 13.2. The second kappa shape index (κ2) is 7.50. The predicted octanol–water partition coefficient (Wildman–Crippen LogP) is 1.89. The van der Waals surface area contributed by atoms with Crippen molar-refractivity contribution >= 4 is 16.8 Å². The van der Waals surface area contributed by atoms with Crippen LogP contribution < -0.4 is 10.9 Å². The Kier molecular flexibility index (Phi) is 4.96. The number of carbonyl (C=O) groups excluding carboxylic acids is 1. The summed E-state index contributed by atoms with van der Waals surface area (Å²) < 4.78 is 1.55. The Labute approximate surface area is 139 Å². The summed E-state index contributed by atoms with van der Waals surface area (Å²) in [6.07, 6.45) is 5.88. The molecule has 1 amide bonds. The number of nitrogens with one attached hydrogen (secondary N) is 1. The van der Waals surface area contributed by atoms with Gasteiger partial charge in [-0.2, -0.15) is 0 Å². The van der Waals surface area contributed by atoms with Gasteiger partial charge < -0.3 is 5.32 Å². The van der Waals surface area contributed by atoms with E-state index in [1.807, 2.05) is 30.3 Å². The fourth-order valence-electron chi connectivity index (χ4n) is 2.47. The lowest BCUT2D eigenvalue weighted by Crippen LogP contribution is -2.24. The molecule has 0 fully saturated rings. The van der Waals surface area contributed by atoms with Crippen LogP contribution in [0.25, 0.3) is 10.9 Å². The molecule has 6 nitrogen and oxygen atoms in total. The van der Waals surface area contributed by atoms with Crippen LogP contribution >= 0.6 is 0 Å². The van der Waals surface area contributed by atoms with Crippen molar-refractivity contribution in [1.29, 1.82) is 0 Å². The Balaban J connectivity index is 1.52. The van der Waals surface area contributed by atoms with Crippen molar-refractivity contribution in [1.82, 2.24) is 19.9 Å². The van der Waals surface area contributed by atoms with E-state index in [0.717, 1.165) is 5.56 Å². The first-order chi connectivity index (χ1) is 11.7. The summed E-state index contributed by atoms with van der Waals surface area (Å²) in [7, 11) is 0. The molecule has 0 aliphatic heterocycles. The lowest BCUT2D eigenvalue weighted by Gasteiger charge is -2.07. The molecule has 0 saturated heterocycles. The molecule has 0 saturated carbocycles. The Bertz CT molecular complexity index is 890. The van der Waals surface area contributed by atoms with Crippen molar-refractivity contribution < 1.29 is 4.79 Å². The smallest absolute Gasteiger partial charge is 0.261 e. The van der Waals surface area contributed by atoms with Gasteiger partial charge in [0.25, 0.3) is 5.56 Å². The number of hydrogen-bond acceptors (Lipinski definition) is 4. The zero-order chi connectivity index (χ0) is 16.8. The van der Waals surface area contributed by atoms with E-state index in [4.69, 9.17) is 0 Å². The molecule has 0 atom stereocenters. The topological polar surface area (TPSA) is 76.9 Å². The van der Waals surface area contributed by atoms with E-state index in [2.05, 4.69) is 15.3 Å². The molecule has 1 aromatic carbocycles. The van der Waals surface area contributed by atoms with Crippen molar-refractivity contribution in [3.8, 4) is 0 Å². The molecule has 0 radical (unpaired) electrons. The highest BCUT2D eigenvalue weighted by atomic mass is 16.1. The first-order valence-corrected chi connectivity index (χ1v) is 7.84. The van der Waals surface area contributed by atoms with Gasteiger partial charge in [0.1, 0.15) is 0 Å². The van der Waals surface area contributed by atoms with Crippen LogP contribution in [0.4, 0.5) is 0 Å². The van der Waals surface area contributed by atoms with Crippen LogP contribution in [-0.2, 0) is 17.9 Å². The number of pyridine rings is 1. The van der Waals surface area contributed by atoms with E-state index < -0.39 is 0 Å². The quantitative estimate of drug-likeness (QED) is 0.752. The fraction of sp³-hybridized carbons (Fsp3) is 0.222. The summed E-state index contributed by atoms with van der Waals surface area (Å²) >= 11 is 0. The number of benzene rings is 1. The van der Waals surface area contributed by atoms with Crippen LogP contribution in [0.2, 0.25) is 0 Å². The van der Waals surface area contributed by atoms with Gasteiger partial charge in [-0.15, -0.1) is 0 Å². The third-order valence-corrected chi connectivity index (χ3v) is 3.77. The Hall–Kier alpha value is -3.02. The number of amides is 1. The van der Waals surface area contributed by atoms with Crippen molar-refractivity contribution in [2.75, 3.05) is 0 Å². The van der Waals surface area contributed by atoms with E-state index in [1.165, 1.54) is 0 Å². The molecule has 0 aliphatic rings. The van der Waals surface area contributed by atoms with Gasteiger partial charge in [-0.3, -0.25) is 19.1 Å². The lowest BCUT2D eigenvalue weighted by molar-refractivity contribution is -0.121. The van der Waals surface area contributed by atoms with Gasteiger partial charge in [0.15, 0.2) is 0 Å². The number of aromatic nitrogens is 3. The average Bonchev–Trinajstić information content (AvgIpc) is 2.63. The molecule has 122 valence electrons. The van der Waals surface area contributed by atoms with Gasteiger partial charge in [0, 0.05) is 31.9 Å². The molecule has 6 heteroatoms. The molecular weight excluding hydrogens is 304 g/mol. The van der Waals surface area contributed by atoms with Gasteiger partial charge in [0.05, 0.1) is 17.2 Å². The minimum Gasteiger partial charge on any atom is -0.352 e. The van der Waals surface area contributed by atoms with Crippen LogP contribution in [0.5, 0.6) is 0 Å². The molecule has 0 unspecified atom stereocenters. The third kappa shape index (κ3) is 3.84. The molecule has 0 spiro atoms. The molecule has 0 bridgehead atoms. The first-order valence-electron chi connectivity index (χ1n) is 7.84. The molecule has 2 aromatic heterocycles. The third-order valence-electron chi connectivity index (χ3n) is 3.77. The lowest BCUT2D eigenvalue weighted by atomic mass is 10.2. The van der Waals surface area contributed by atoms with E-state index in [1.54, 1.807) is 29.4 Å². The highest BCUT2D eigenvalue weighted by molar-refractivity contribution is 5.77. The van der Waals surface area contributed by atoms with Crippen molar-refractivity contribution in [3.63, 3.8) is 0 Å². The largest absolute Gasteiger partial charge is 0.352 e. The van der Waals surface area contributed by atoms with Gasteiger partial charge in [-0.1, -0.05) is 12.1 Å². The Morgan fingerprint density at radius 2 is 1.92 bits per heavy atom. The van der Waals surface area contributed by atoms with Crippen LogP contribution in [-0.4, -0.2) is 20.4 Å². The summed E-state index contributed by atoms with van der Waals surface area (Å²) in [6.45, 7) is 0.957. The molecule has 3 rings (SSSR count). The number of fused-ring (bicyclic) bond motifs is 1. The molecular formula is C18H18N4O2. The van der Waals surface area contributed by atoms with E-state index in [-0.39, 0.29) is 11.5 Å². The van der Waals surface area contributed by atoms with E-state index in [0.29, 0.717) is 36.8 Å². The molecule has 3 aromatic rings. The maximum absolute atomic E-state index is 12.3. The standard InChI is InChI=1S/C18H18N4O2/c23-17(20-12-14-7-9-19-10-8-14)6-3-11-22-13-21-16-5-2-1-4-15(16)18(22)24/h1-2,4-5,7-10,13H,3,6,11-12H2,(H,20,23). The number of para-hydroxylation sites is 1. The molecule has 24 heavy (non-hydrogen) atoms. The van der Waals surface area contributed by atoms with Gasteiger partial charge >= 0.3 is 0 Å². The van der Waals surface area contributed by atoms with Crippen molar-refractivity contribution in [2.24, 2.45) is 0 Å². The van der Waals surface area contributed by atoms with Gasteiger partial charge in [-0.25, -0.2) is 4.98 Å². The summed E-state index contributed by atoms with van der Waals surface area (Å²) in [5.74, 6) is -0.0337. The fourth-order valence-corrected chi connectivity index (χ4v) is 2.47. The summed E-state index contributed by atoms with van der Waals surface area (Å²) in [6, 6.07) is 11.0. The number of nitrogens with zero attached hydrogens (tertiary/aromatic N) is 3.